The Morgan fingerprint density at radius 2 is 2.13 bits per heavy atom. The van der Waals surface area contributed by atoms with E-state index in [0.29, 0.717) is 0 Å². The monoisotopic (exact) mass is 270 g/mol. The summed E-state index contributed by atoms with van der Waals surface area (Å²) >= 11 is 3.37. The molecule has 1 aliphatic heterocycles. The van der Waals surface area contributed by atoms with Crippen LogP contribution in [-0.4, -0.2) is 23.7 Å². The van der Waals surface area contributed by atoms with Crippen molar-refractivity contribution in [2.24, 2.45) is 0 Å². The number of pyridine rings is 1. The van der Waals surface area contributed by atoms with E-state index in [0.717, 1.165) is 36.3 Å². The van der Waals surface area contributed by atoms with E-state index in [1.807, 2.05) is 18.3 Å². The van der Waals surface area contributed by atoms with Gasteiger partial charge in [-0.15, -0.1) is 0 Å². The lowest BCUT2D eigenvalue weighted by Gasteiger charge is -2.34. The van der Waals surface area contributed by atoms with Gasteiger partial charge in [0, 0.05) is 29.4 Å². The van der Waals surface area contributed by atoms with Crippen LogP contribution in [0.3, 0.4) is 0 Å². The van der Waals surface area contributed by atoms with E-state index in [-0.39, 0.29) is 5.54 Å². The summed E-state index contributed by atoms with van der Waals surface area (Å²) in [5.74, 6) is 0.933. The van der Waals surface area contributed by atoms with Gasteiger partial charge in [0.25, 0.3) is 0 Å². The lowest BCUT2D eigenvalue weighted by atomic mass is 9.92. The molecule has 0 spiro atoms. The Labute approximate surface area is 98.4 Å². The highest BCUT2D eigenvalue weighted by molar-refractivity contribution is 9.10. The average molecular weight is 271 g/mol. The molecule has 1 fully saturated rings. The van der Waals surface area contributed by atoms with Crippen molar-refractivity contribution >= 4 is 21.7 Å². The molecule has 2 heterocycles. The highest BCUT2D eigenvalue weighted by Gasteiger charge is 2.27. The second kappa shape index (κ2) is 4.49. The molecule has 0 aromatic carbocycles. The molecule has 0 amide bonds. The topological polar surface area (TPSA) is 34.2 Å². The Bertz CT molecular complexity index is 320. The summed E-state index contributed by atoms with van der Waals surface area (Å²) in [4.78, 5) is 4.32. The van der Waals surface area contributed by atoms with Gasteiger partial charge in [0.1, 0.15) is 5.82 Å². The van der Waals surface area contributed by atoms with Crippen LogP contribution in [-0.2, 0) is 4.74 Å². The number of nitrogens with zero attached hydrogens (tertiary/aromatic N) is 1. The van der Waals surface area contributed by atoms with Gasteiger partial charge in [-0.05, 0) is 47.8 Å². The third-order valence-electron chi connectivity index (χ3n) is 2.75. The number of ether oxygens (including phenoxy) is 1. The normalized spacial score (nSPS) is 19.9. The predicted molar refractivity (Wildman–Crippen MR) is 64.0 cm³/mol. The fourth-order valence-corrected chi connectivity index (χ4v) is 1.94. The Hall–Kier alpha value is -0.610. The van der Waals surface area contributed by atoms with E-state index in [1.54, 1.807) is 0 Å². The van der Waals surface area contributed by atoms with Crippen molar-refractivity contribution in [1.29, 1.82) is 0 Å². The molecule has 1 aromatic rings. The minimum absolute atomic E-state index is 0.124. The zero-order valence-electron chi connectivity index (χ0n) is 8.79. The first-order valence-corrected chi connectivity index (χ1v) is 5.95. The molecule has 1 N–H and O–H groups in total. The molecular formula is C11H15BrN2O. The Morgan fingerprint density at radius 1 is 1.40 bits per heavy atom. The van der Waals surface area contributed by atoms with Crippen LogP contribution < -0.4 is 5.32 Å². The highest BCUT2D eigenvalue weighted by Crippen LogP contribution is 2.24. The van der Waals surface area contributed by atoms with Gasteiger partial charge in [0.15, 0.2) is 0 Å². The molecule has 0 radical (unpaired) electrons. The van der Waals surface area contributed by atoms with Gasteiger partial charge in [-0.3, -0.25) is 0 Å². The molecule has 82 valence electrons. The number of anilines is 1. The van der Waals surface area contributed by atoms with Crippen molar-refractivity contribution in [3.63, 3.8) is 0 Å². The molecule has 0 unspecified atom stereocenters. The zero-order valence-corrected chi connectivity index (χ0v) is 10.4. The van der Waals surface area contributed by atoms with Crippen molar-refractivity contribution in [2.45, 2.75) is 25.3 Å². The van der Waals surface area contributed by atoms with Gasteiger partial charge in [-0.1, -0.05) is 0 Å². The van der Waals surface area contributed by atoms with Crippen LogP contribution in [0.5, 0.6) is 0 Å². The molecular weight excluding hydrogens is 256 g/mol. The molecule has 3 nitrogen and oxygen atoms in total. The number of rotatable bonds is 2. The van der Waals surface area contributed by atoms with Crippen molar-refractivity contribution in [2.75, 3.05) is 18.5 Å². The van der Waals surface area contributed by atoms with Crippen molar-refractivity contribution in [3.8, 4) is 0 Å². The SMILES string of the molecule is CC1(Nc2ccc(Br)cn2)CCOCC1. The van der Waals surface area contributed by atoms with Crippen LogP contribution in [0.25, 0.3) is 0 Å². The van der Waals surface area contributed by atoms with Gasteiger partial charge < -0.3 is 10.1 Å². The minimum Gasteiger partial charge on any atom is -0.381 e. The largest absolute Gasteiger partial charge is 0.381 e. The van der Waals surface area contributed by atoms with Crippen LogP contribution in [0.4, 0.5) is 5.82 Å². The van der Waals surface area contributed by atoms with Gasteiger partial charge >= 0.3 is 0 Å². The van der Waals surface area contributed by atoms with E-state index in [2.05, 4.69) is 33.2 Å². The maximum Gasteiger partial charge on any atom is 0.126 e. The molecule has 1 aromatic heterocycles. The number of aromatic nitrogens is 1. The summed E-state index contributed by atoms with van der Waals surface area (Å²) in [5.41, 5.74) is 0.124. The van der Waals surface area contributed by atoms with E-state index >= 15 is 0 Å². The molecule has 1 aliphatic rings. The van der Waals surface area contributed by atoms with Crippen LogP contribution in [0.2, 0.25) is 0 Å². The fraction of sp³-hybridized carbons (Fsp3) is 0.545. The van der Waals surface area contributed by atoms with E-state index < -0.39 is 0 Å². The predicted octanol–water partition coefficient (Wildman–Crippen LogP) is 2.83. The number of halogens is 1. The summed E-state index contributed by atoms with van der Waals surface area (Å²) in [6.45, 7) is 3.89. The Morgan fingerprint density at radius 3 is 2.73 bits per heavy atom. The Balaban J connectivity index is 2.03. The van der Waals surface area contributed by atoms with E-state index in [4.69, 9.17) is 4.74 Å². The average Bonchev–Trinajstić information content (AvgIpc) is 2.22. The van der Waals surface area contributed by atoms with Crippen molar-refractivity contribution < 1.29 is 4.74 Å². The van der Waals surface area contributed by atoms with E-state index in [1.165, 1.54) is 0 Å². The molecule has 2 rings (SSSR count). The van der Waals surface area contributed by atoms with Gasteiger partial charge in [0.05, 0.1) is 0 Å². The summed E-state index contributed by atoms with van der Waals surface area (Å²) < 4.78 is 6.36. The maximum absolute atomic E-state index is 5.35. The summed E-state index contributed by atoms with van der Waals surface area (Å²) in [5, 5.41) is 3.47. The lowest BCUT2D eigenvalue weighted by molar-refractivity contribution is 0.0657. The van der Waals surface area contributed by atoms with Crippen LogP contribution in [0, 0.1) is 0 Å². The standard InChI is InChI=1S/C11H15BrN2O/c1-11(4-6-15-7-5-11)14-10-3-2-9(12)8-13-10/h2-3,8H,4-7H2,1H3,(H,13,14). The van der Waals surface area contributed by atoms with Gasteiger partial charge in [0.2, 0.25) is 0 Å². The maximum atomic E-state index is 5.35. The molecule has 4 heteroatoms. The molecule has 0 bridgehead atoms. The first-order chi connectivity index (χ1) is 7.18. The van der Waals surface area contributed by atoms with Gasteiger partial charge in [-0.25, -0.2) is 4.98 Å². The molecule has 1 saturated heterocycles. The summed E-state index contributed by atoms with van der Waals surface area (Å²) in [7, 11) is 0. The molecule has 0 saturated carbocycles. The smallest absolute Gasteiger partial charge is 0.126 e. The number of hydrogen-bond donors (Lipinski definition) is 1. The Kier molecular flexibility index (Phi) is 3.26. The third kappa shape index (κ3) is 2.92. The highest BCUT2D eigenvalue weighted by atomic mass is 79.9. The number of nitrogens with one attached hydrogen (secondary N) is 1. The lowest BCUT2D eigenvalue weighted by Crippen LogP contribution is -2.40. The molecule has 15 heavy (non-hydrogen) atoms. The van der Waals surface area contributed by atoms with Crippen LogP contribution in [0.15, 0.2) is 22.8 Å². The van der Waals surface area contributed by atoms with Gasteiger partial charge in [-0.2, -0.15) is 0 Å². The first-order valence-electron chi connectivity index (χ1n) is 5.15. The summed E-state index contributed by atoms with van der Waals surface area (Å²) in [6.07, 6.45) is 3.88. The quantitative estimate of drug-likeness (QED) is 0.898. The third-order valence-corrected chi connectivity index (χ3v) is 3.22. The second-order valence-electron chi connectivity index (χ2n) is 4.16. The van der Waals surface area contributed by atoms with Crippen LogP contribution >= 0.6 is 15.9 Å². The van der Waals surface area contributed by atoms with Crippen molar-refractivity contribution in [3.05, 3.63) is 22.8 Å². The summed E-state index contributed by atoms with van der Waals surface area (Å²) in [6, 6.07) is 3.99. The second-order valence-corrected chi connectivity index (χ2v) is 5.08. The van der Waals surface area contributed by atoms with E-state index in [9.17, 15) is 0 Å². The fourth-order valence-electron chi connectivity index (χ4n) is 1.71. The van der Waals surface area contributed by atoms with Crippen LogP contribution in [0.1, 0.15) is 19.8 Å². The van der Waals surface area contributed by atoms with Crippen molar-refractivity contribution in [1.82, 2.24) is 4.98 Å². The zero-order chi connectivity index (χ0) is 10.7. The number of hydrogen-bond acceptors (Lipinski definition) is 3. The molecule has 0 aliphatic carbocycles. The first kappa shape index (κ1) is 10.9. The molecule has 0 atom stereocenters. The minimum atomic E-state index is 0.124.